The molecule has 0 aliphatic carbocycles. The molecule has 2 heterocycles. The summed E-state index contributed by atoms with van der Waals surface area (Å²) in [6, 6.07) is 7.95. The summed E-state index contributed by atoms with van der Waals surface area (Å²) in [7, 11) is 0. The van der Waals surface area contributed by atoms with Gasteiger partial charge in [0, 0.05) is 24.3 Å². The molecule has 26 heavy (non-hydrogen) atoms. The van der Waals surface area contributed by atoms with Crippen molar-refractivity contribution in [2.75, 3.05) is 13.1 Å². The highest BCUT2D eigenvalue weighted by Crippen LogP contribution is 2.33. The van der Waals surface area contributed by atoms with Gasteiger partial charge in [0.1, 0.15) is 11.3 Å². The van der Waals surface area contributed by atoms with Crippen molar-refractivity contribution in [3.05, 3.63) is 52.1 Å². The lowest BCUT2D eigenvalue weighted by molar-refractivity contribution is -0.142. The molecule has 2 aromatic rings. The van der Waals surface area contributed by atoms with Crippen molar-refractivity contribution in [1.29, 1.82) is 0 Å². The molecule has 1 aliphatic heterocycles. The number of benzene rings is 1. The number of nitrogens with zero attached hydrogens (tertiary/aromatic N) is 2. The first-order chi connectivity index (χ1) is 12.4. The zero-order valence-electron chi connectivity index (χ0n) is 13.9. The molecule has 1 aliphatic rings. The molecule has 1 saturated heterocycles. The van der Waals surface area contributed by atoms with Crippen molar-refractivity contribution in [1.82, 2.24) is 9.88 Å². The van der Waals surface area contributed by atoms with Crippen molar-refractivity contribution in [2.45, 2.75) is 6.92 Å². The second-order valence-corrected chi connectivity index (χ2v) is 7.01. The fourth-order valence-corrected chi connectivity index (χ4v) is 3.37. The number of carbonyl (C=O) groups excluding carboxylic acids is 1. The van der Waals surface area contributed by atoms with Gasteiger partial charge in [-0.15, -0.1) is 0 Å². The van der Waals surface area contributed by atoms with Crippen LogP contribution in [-0.4, -0.2) is 40.0 Å². The van der Waals surface area contributed by atoms with Gasteiger partial charge >= 0.3 is 5.97 Å². The third kappa shape index (κ3) is 3.76. The van der Waals surface area contributed by atoms with Gasteiger partial charge in [-0.2, -0.15) is 0 Å². The maximum absolute atomic E-state index is 12.9. The van der Waals surface area contributed by atoms with E-state index in [-0.39, 0.29) is 29.8 Å². The Hall–Kier alpha value is -2.31. The number of pyridine rings is 1. The molecule has 136 valence electrons. The minimum Gasteiger partial charge on any atom is -0.481 e. The van der Waals surface area contributed by atoms with E-state index in [0.29, 0.717) is 22.3 Å². The van der Waals surface area contributed by atoms with Crippen LogP contribution >= 0.6 is 23.2 Å². The molecule has 0 unspecified atom stereocenters. The van der Waals surface area contributed by atoms with Crippen LogP contribution in [0.5, 0.6) is 11.6 Å². The number of carbonyl (C=O) groups is 2. The van der Waals surface area contributed by atoms with Crippen LogP contribution in [0.25, 0.3) is 0 Å². The second-order valence-electron chi connectivity index (χ2n) is 6.17. The Morgan fingerprint density at radius 2 is 2.04 bits per heavy atom. The summed E-state index contributed by atoms with van der Waals surface area (Å²) in [5, 5.41) is 10.0. The summed E-state index contributed by atoms with van der Waals surface area (Å²) < 4.78 is 5.71. The third-order valence-electron chi connectivity index (χ3n) is 4.32. The molecule has 0 spiro atoms. The highest BCUT2D eigenvalue weighted by Gasteiger charge is 2.38. The van der Waals surface area contributed by atoms with Crippen LogP contribution in [0.3, 0.4) is 0 Å². The maximum atomic E-state index is 12.9. The van der Waals surface area contributed by atoms with Gasteiger partial charge in [-0.1, -0.05) is 30.1 Å². The van der Waals surface area contributed by atoms with Crippen molar-refractivity contribution in [3.63, 3.8) is 0 Å². The number of carboxylic acids is 1. The number of ether oxygens (including phenoxy) is 1. The van der Waals surface area contributed by atoms with Gasteiger partial charge in [-0.3, -0.25) is 9.59 Å². The van der Waals surface area contributed by atoms with E-state index in [0.717, 1.165) is 0 Å². The van der Waals surface area contributed by atoms with Gasteiger partial charge in [-0.05, 0) is 36.2 Å². The number of halogens is 2. The van der Waals surface area contributed by atoms with Crippen molar-refractivity contribution < 1.29 is 19.4 Å². The molecule has 3 rings (SSSR count). The van der Waals surface area contributed by atoms with E-state index in [4.69, 9.17) is 27.9 Å². The number of hydrogen-bond donors (Lipinski definition) is 1. The fraction of sp³-hybridized carbons (Fsp3) is 0.278. The lowest BCUT2D eigenvalue weighted by atomic mass is 9.99. The molecule has 6 nitrogen and oxygen atoms in total. The highest BCUT2D eigenvalue weighted by molar-refractivity contribution is 6.35. The van der Waals surface area contributed by atoms with E-state index in [9.17, 15) is 14.7 Å². The summed E-state index contributed by atoms with van der Waals surface area (Å²) in [5.74, 6) is -1.50. The van der Waals surface area contributed by atoms with E-state index >= 15 is 0 Å². The smallest absolute Gasteiger partial charge is 0.308 e. The largest absolute Gasteiger partial charge is 0.481 e. The quantitative estimate of drug-likeness (QED) is 0.848. The number of likely N-dealkylation sites (tertiary alicyclic amines) is 1. The predicted molar refractivity (Wildman–Crippen MR) is 97.0 cm³/mol. The van der Waals surface area contributed by atoms with Crippen molar-refractivity contribution in [3.8, 4) is 11.6 Å². The first-order valence-electron chi connectivity index (χ1n) is 7.97. The van der Waals surface area contributed by atoms with E-state index in [1.54, 1.807) is 24.3 Å². The number of amides is 1. The van der Waals surface area contributed by atoms with Crippen LogP contribution in [0.2, 0.25) is 10.0 Å². The second kappa shape index (κ2) is 7.51. The Bertz CT molecular complexity index is 859. The maximum Gasteiger partial charge on any atom is 0.308 e. The molecule has 1 fully saturated rings. The highest BCUT2D eigenvalue weighted by atomic mass is 35.5. The van der Waals surface area contributed by atoms with E-state index in [2.05, 4.69) is 4.98 Å². The Kier molecular flexibility index (Phi) is 5.34. The predicted octanol–water partition coefficient (Wildman–Crippen LogP) is 3.97. The lowest BCUT2D eigenvalue weighted by Crippen LogP contribution is -2.30. The monoisotopic (exact) mass is 394 g/mol. The topological polar surface area (TPSA) is 79.7 Å². The van der Waals surface area contributed by atoms with Gasteiger partial charge in [-0.25, -0.2) is 4.98 Å². The van der Waals surface area contributed by atoms with Gasteiger partial charge in [0.2, 0.25) is 5.88 Å². The summed E-state index contributed by atoms with van der Waals surface area (Å²) in [6.07, 6.45) is 1.50. The zero-order valence-corrected chi connectivity index (χ0v) is 15.4. The molecule has 1 amide bonds. The van der Waals surface area contributed by atoms with Gasteiger partial charge in [0.25, 0.3) is 5.91 Å². The Labute approximate surface area is 160 Å². The standard InChI is InChI=1S/C18H16Cl2N2O4/c1-10-8-22(9-13(10)18(24)25)17(23)12-3-2-6-21-16(12)26-15-5-4-11(19)7-14(15)20/h2-7,10,13H,8-9H2,1H3,(H,24,25)/t10-,13-/m1/s1. The van der Waals surface area contributed by atoms with Crippen molar-refractivity contribution >= 4 is 35.1 Å². The SMILES string of the molecule is C[C@@H]1CN(C(=O)c2cccnc2Oc2ccc(Cl)cc2Cl)C[C@H]1C(=O)O. The first kappa shape index (κ1) is 18.5. The number of hydrogen-bond acceptors (Lipinski definition) is 4. The van der Waals surface area contributed by atoms with Crippen LogP contribution in [-0.2, 0) is 4.79 Å². The number of rotatable bonds is 4. The normalized spacial score (nSPS) is 19.4. The number of aliphatic carboxylic acids is 1. The van der Waals surface area contributed by atoms with Crippen LogP contribution in [0.4, 0.5) is 0 Å². The fourth-order valence-electron chi connectivity index (χ4n) is 2.92. The summed E-state index contributed by atoms with van der Waals surface area (Å²) in [6.45, 7) is 2.34. The average Bonchev–Trinajstić information content (AvgIpc) is 2.99. The van der Waals surface area contributed by atoms with E-state index < -0.39 is 11.9 Å². The Balaban J connectivity index is 1.85. The van der Waals surface area contributed by atoms with Crippen LogP contribution < -0.4 is 4.74 Å². The van der Waals surface area contributed by atoms with Crippen LogP contribution in [0, 0.1) is 11.8 Å². The van der Waals surface area contributed by atoms with Crippen molar-refractivity contribution in [2.24, 2.45) is 11.8 Å². The number of carboxylic acid groups (broad SMARTS) is 1. The third-order valence-corrected chi connectivity index (χ3v) is 4.85. The van der Waals surface area contributed by atoms with E-state index in [1.807, 2.05) is 6.92 Å². The molecular weight excluding hydrogens is 379 g/mol. The van der Waals surface area contributed by atoms with Gasteiger partial charge in [0.05, 0.1) is 10.9 Å². The zero-order chi connectivity index (χ0) is 18.8. The number of aromatic nitrogens is 1. The molecular formula is C18H16Cl2N2O4. The molecule has 0 bridgehead atoms. The van der Waals surface area contributed by atoms with Gasteiger partial charge in [0.15, 0.2) is 0 Å². The summed E-state index contributed by atoms with van der Waals surface area (Å²) >= 11 is 12.0. The molecule has 0 saturated carbocycles. The Morgan fingerprint density at radius 1 is 1.27 bits per heavy atom. The lowest BCUT2D eigenvalue weighted by Gasteiger charge is -2.18. The first-order valence-corrected chi connectivity index (χ1v) is 8.72. The molecule has 8 heteroatoms. The van der Waals surface area contributed by atoms with Crippen LogP contribution in [0.1, 0.15) is 17.3 Å². The van der Waals surface area contributed by atoms with E-state index in [1.165, 1.54) is 17.2 Å². The molecule has 1 N–H and O–H groups in total. The minimum absolute atomic E-state index is 0.105. The molecule has 1 aromatic carbocycles. The molecule has 0 radical (unpaired) electrons. The summed E-state index contributed by atoms with van der Waals surface area (Å²) in [4.78, 5) is 29.8. The van der Waals surface area contributed by atoms with Crippen LogP contribution in [0.15, 0.2) is 36.5 Å². The molecule has 2 atom stereocenters. The molecule has 1 aromatic heterocycles. The minimum atomic E-state index is -0.900. The summed E-state index contributed by atoms with van der Waals surface area (Å²) in [5.41, 5.74) is 0.247. The Morgan fingerprint density at radius 3 is 2.69 bits per heavy atom. The average molecular weight is 395 g/mol. The van der Waals surface area contributed by atoms with Gasteiger partial charge < -0.3 is 14.7 Å².